The number of nitrogens with zero attached hydrogens (tertiary/aromatic N) is 4. The van der Waals surface area contributed by atoms with E-state index in [9.17, 15) is 18.0 Å². The van der Waals surface area contributed by atoms with Gasteiger partial charge in [0.25, 0.3) is 0 Å². The highest BCUT2D eigenvalue weighted by Gasteiger charge is 2.44. The van der Waals surface area contributed by atoms with Gasteiger partial charge in [0.2, 0.25) is 0 Å². The second kappa shape index (κ2) is 6.15. The molecule has 1 amide bonds. The zero-order valence-corrected chi connectivity index (χ0v) is 13.0. The molecule has 0 saturated carbocycles. The van der Waals surface area contributed by atoms with Crippen molar-refractivity contribution in [2.24, 2.45) is 0 Å². The molecule has 0 bridgehead atoms. The number of alkyl halides is 3. The second-order valence-corrected chi connectivity index (χ2v) is 5.47. The number of tetrazole rings is 1. The van der Waals surface area contributed by atoms with E-state index in [1.165, 1.54) is 11.6 Å². The van der Waals surface area contributed by atoms with E-state index < -0.39 is 17.6 Å². The molecule has 0 saturated heterocycles. The minimum absolute atomic E-state index is 0.0693. The molecule has 1 N–H and O–H groups in total. The van der Waals surface area contributed by atoms with E-state index in [0.717, 1.165) is 0 Å². The molecule has 0 aliphatic heterocycles. The molecule has 1 aromatic heterocycles. The SMILES string of the molecule is CCC(C)(NC(=O)C(F)(F)F)c1nnnn1-c1cccc(Cl)c1. The largest absolute Gasteiger partial charge is 0.471 e. The van der Waals surface area contributed by atoms with Gasteiger partial charge >= 0.3 is 12.1 Å². The normalized spacial score (nSPS) is 14.3. The number of halogens is 4. The molecule has 23 heavy (non-hydrogen) atoms. The molecule has 2 aromatic rings. The predicted octanol–water partition coefficient (Wildman–Crippen LogP) is 2.62. The highest BCUT2D eigenvalue weighted by Crippen LogP contribution is 2.27. The minimum Gasteiger partial charge on any atom is -0.336 e. The molecule has 1 aromatic carbocycles. The molecule has 124 valence electrons. The number of carbonyl (C=O) groups is 1. The Morgan fingerprint density at radius 3 is 2.65 bits per heavy atom. The Balaban J connectivity index is 2.44. The molecule has 1 heterocycles. The third-order valence-corrected chi connectivity index (χ3v) is 3.60. The Kier molecular flexibility index (Phi) is 4.60. The molecule has 0 radical (unpaired) electrons. The fraction of sp³-hybridized carbons (Fsp3) is 0.385. The first kappa shape index (κ1) is 17.2. The highest BCUT2D eigenvalue weighted by atomic mass is 35.5. The van der Waals surface area contributed by atoms with Crippen LogP contribution in [0.25, 0.3) is 5.69 Å². The fourth-order valence-electron chi connectivity index (χ4n) is 1.94. The molecule has 0 fully saturated rings. The first-order valence-corrected chi connectivity index (χ1v) is 6.99. The summed E-state index contributed by atoms with van der Waals surface area (Å²) in [5, 5.41) is 13.4. The van der Waals surface area contributed by atoms with E-state index in [1.807, 2.05) is 5.32 Å². The molecule has 0 aliphatic rings. The number of amides is 1. The van der Waals surface area contributed by atoms with E-state index in [2.05, 4.69) is 15.5 Å². The van der Waals surface area contributed by atoms with Crippen molar-refractivity contribution < 1.29 is 18.0 Å². The number of carbonyl (C=O) groups excluding carboxylic acids is 1. The van der Waals surface area contributed by atoms with E-state index in [0.29, 0.717) is 10.7 Å². The van der Waals surface area contributed by atoms with Crippen molar-refractivity contribution in [3.8, 4) is 5.69 Å². The number of benzene rings is 1. The van der Waals surface area contributed by atoms with Crippen molar-refractivity contribution >= 4 is 17.5 Å². The first-order chi connectivity index (χ1) is 10.7. The third kappa shape index (κ3) is 3.61. The number of nitrogens with one attached hydrogen (secondary N) is 1. The van der Waals surface area contributed by atoms with E-state index >= 15 is 0 Å². The quantitative estimate of drug-likeness (QED) is 0.922. The molecular weight excluding hydrogens is 335 g/mol. The van der Waals surface area contributed by atoms with E-state index in [-0.39, 0.29) is 12.2 Å². The zero-order valence-electron chi connectivity index (χ0n) is 12.2. The average Bonchev–Trinajstić information content (AvgIpc) is 2.96. The van der Waals surface area contributed by atoms with Crippen LogP contribution in [0.5, 0.6) is 0 Å². The van der Waals surface area contributed by atoms with Gasteiger partial charge in [0.15, 0.2) is 5.82 Å². The van der Waals surface area contributed by atoms with Crippen LogP contribution in [0, 0.1) is 0 Å². The predicted molar refractivity (Wildman–Crippen MR) is 76.0 cm³/mol. The lowest BCUT2D eigenvalue weighted by molar-refractivity contribution is -0.175. The van der Waals surface area contributed by atoms with Crippen molar-refractivity contribution in [3.63, 3.8) is 0 Å². The van der Waals surface area contributed by atoms with Crippen LogP contribution >= 0.6 is 11.6 Å². The Bertz CT molecular complexity index is 718. The van der Waals surface area contributed by atoms with Gasteiger partial charge in [0, 0.05) is 5.02 Å². The summed E-state index contributed by atoms with van der Waals surface area (Å²) in [5.74, 6) is -1.98. The lowest BCUT2D eigenvalue weighted by Crippen LogP contribution is -2.50. The van der Waals surface area contributed by atoms with Crippen LogP contribution in [-0.4, -0.2) is 32.3 Å². The van der Waals surface area contributed by atoms with Crippen molar-refractivity contribution in [2.75, 3.05) is 0 Å². The maximum Gasteiger partial charge on any atom is 0.471 e. The molecule has 0 aliphatic carbocycles. The van der Waals surface area contributed by atoms with Crippen molar-refractivity contribution in [1.29, 1.82) is 0 Å². The summed E-state index contributed by atoms with van der Waals surface area (Å²) in [6.45, 7) is 3.04. The van der Waals surface area contributed by atoms with Gasteiger partial charge in [0.05, 0.1) is 11.2 Å². The van der Waals surface area contributed by atoms with Gasteiger partial charge in [0.1, 0.15) is 0 Å². The first-order valence-electron chi connectivity index (χ1n) is 6.61. The molecule has 1 unspecified atom stereocenters. The number of rotatable bonds is 4. The monoisotopic (exact) mass is 347 g/mol. The Hall–Kier alpha value is -2.16. The zero-order chi connectivity index (χ0) is 17.3. The summed E-state index contributed by atoms with van der Waals surface area (Å²) in [7, 11) is 0. The molecule has 1 atom stereocenters. The number of hydrogen-bond donors (Lipinski definition) is 1. The summed E-state index contributed by atoms with van der Waals surface area (Å²) in [4.78, 5) is 11.3. The molecule has 10 heteroatoms. The number of hydrogen-bond acceptors (Lipinski definition) is 4. The van der Waals surface area contributed by atoms with E-state index in [4.69, 9.17) is 11.6 Å². The van der Waals surface area contributed by atoms with Gasteiger partial charge in [-0.3, -0.25) is 4.79 Å². The van der Waals surface area contributed by atoms with Crippen molar-refractivity contribution in [2.45, 2.75) is 32.0 Å². The molecule has 0 spiro atoms. The van der Waals surface area contributed by atoms with Gasteiger partial charge in [-0.15, -0.1) is 5.10 Å². The summed E-state index contributed by atoms with van der Waals surface area (Å²) >= 11 is 5.91. The topological polar surface area (TPSA) is 72.7 Å². The van der Waals surface area contributed by atoms with Crippen LogP contribution in [-0.2, 0) is 10.3 Å². The smallest absolute Gasteiger partial charge is 0.336 e. The maximum atomic E-state index is 12.5. The van der Waals surface area contributed by atoms with Gasteiger partial charge in [-0.25, -0.2) is 0 Å². The second-order valence-electron chi connectivity index (χ2n) is 5.03. The maximum absolute atomic E-state index is 12.5. The van der Waals surface area contributed by atoms with Crippen molar-refractivity contribution in [3.05, 3.63) is 35.1 Å². The van der Waals surface area contributed by atoms with Gasteiger partial charge in [-0.05, 0) is 42.0 Å². The molecule has 6 nitrogen and oxygen atoms in total. The molecular formula is C13H13ClF3N5O. The average molecular weight is 348 g/mol. The summed E-state index contributed by atoms with van der Waals surface area (Å²) < 4.78 is 38.9. The highest BCUT2D eigenvalue weighted by molar-refractivity contribution is 6.30. The fourth-order valence-corrected chi connectivity index (χ4v) is 2.12. The van der Waals surface area contributed by atoms with Crippen LogP contribution in [0.3, 0.4) is 0 Å². The van der Waals surface area contributed by atoms with E-state index in [1.54, 1.807) is 31.2 Å². The summed E-state index contributed by atoms with van der Waals surface area (Å²) in [5.41, 5.74) is -0.934. The Morgan fingerprint density at radius 2 is 2.09 bits per heavy atom. The molecule has 2 rings (SSSR count). The van der Waals surface area contributed by atoms with Crippen LogP contribution in [0.4, 0.5) is 13.2 Å². The Labute approximate surface area is 134 Å². The lowest BCUT2D eigenvalue weighted by Gasteiger charge is -2.28. The van der Waals surface area contributed by atoms with Crippen LogP contribution in [0.15, 0.2) is 24.3 Å². The number of aromatic nitrogens is 4. The minimum atomic E-state index is -5.00. The standard InChI is InChI=1S/C13H13ClF3N5O/c1-3-12(2,18-11(23)13(15,16)17)10-19-20-21-22(10)9-6-4-5-8(14)7-9/h4-7H,3H2,1-2H3,(H,18,23). The summed E-state index contributed by atoms with van der Waals surface area (Å²) in [6.07, 6.45) is -4.85. The van der Waals surface area contributed by atoms with Crippen molar-refractivity contribution in [1.82, 2.24) is 25.5 Å². The van der Waals surface area contributed by atoms with Gasteiger partial charge < -0.3 is 5.32 Å². The van der Waals surface area contributed by atoms with Gasteiger partial charge in [-0.2, -0.15) is 17.9 Å². The third-order valence-electron chi connectivity index (χ3n) is 3.37. The van der Waals surface area contributed by atoms with Crippen LogP contribution in [0.1, 0.15) is 26.1 Å². The lowest BCUT2D eigenvalue weighted by atomic mass is 9.97. The Morgan fingerprint density at radius 1 is 1.39 bits per heavy atom. The summed E-state index contributed by atoms with van der Waals surface area (Å²) in [6, 6.07) is 6.50. The van der Waals surface area contributed by atoms with Gasteiger partial charge in [-0.1, -0.05) is 24.6 Å². The van der Waals surface area contributed by atoms with Crippen LogP contribution < -0.4 is 5.32 Å². The van der Waals surface area contributed by atoms with Crippen LogP contribution in [0.2, 0.25) is 5.02 Å².